The molecule has 0 heterocycles. The summed E-state index contributed by atoms with van der Waals surface area (Å²) in [6, 6.07) is 11.8. The van der Waals surface area contributed by atoms with Crippen molar-refractivity contribution < 1.29 is 28.3 Å². The van der Waals surface area contributed by atoms with Gasteiger partial charge in [0.25, 0.3) is 0 Å². The molecule has 3 aromatic carbocycles. The molecule has 7 heteroatoms. The third-order valence-electron chi connectivity index (χ3n) is 5.40. The van der Waals surface area contributed by atoms with Gasteiger partial charge in [0.15, 0.2) is 0 Å². The van der Waals surface area contributed by atoms with E-state index < -0.39 is 7.82 Å². The van der Waals surface area contributed by atoms with E-state index in [1.807, 2.05) is 6.07 Å². The Morgan fingerprint density at radius 2 is 1.06 bits per heavy atom. The van der Waals surface area contributed by atoms with Gasteiger partial charge in [-0.3, -0.25) is 0 Å². The second kappa shape index (κ2) is 8.56. The molecule has 0 saturated carbocycles. The molecule has 31 heavy (non-hydrogen) atoms. The Balaban J connectivity index is 2.08. The van der Waals surface area contributed by atoms with Gasteiger partial charge in [0, 0.05) is 0 Å². The van der Waals surface area contributed by atoms with Crippen LogP contribution >= 0.6 is 7.82 Å². The van der Waals surface area contributed by atoms with Crippen molar-refractivity contribution in [3.63, 3.8) is 0 Å². The number of aromatic hydroxyl groups is 2. The minimum absolute atomic E-state index is 0.158. The van der Waals surface area contributed by atoms with E-state index in [2.05, 4.69) is 0 Å². The molecule has 0 radical (unpaired) electrons. The van der Waals surface area contributed by atoms with Crippen LogP contribution in [0.3, 0.4) is 0 Å². The first-order chi connectivity index (χ1) is 14.5. The summed E-state index contributed by atoms with van der Waals surface area (Å²) in [6.45, 7) is 10.5. The molecule has 0 amide bonds. The Kier molecular flexibility index (Phi) is 6.23. The zero-order chi connectivity index (χ0) is 22.9. The summed E-state index contributed by atoms with van der Waals surface area (Å²) in [4.78, 5) is 0. The first-order valence-electron chi connectivity index (χ1n) is 9.86. The highest BCUT2D eigenvalue weighted by Gasteiger charge is 2.35. The molecule has 0 spiro atoms. The zero-order valence-corrected chi connectivity index (χ0v) is 19.4. The lowest BCUT2D eigenvalue weighted by Crippen LogP contribution is -2.10. The Hall–Kier alpha value is -3.11. The van der Waals surface area contributed by atoms with Crippen molar-refractivity contribution in [3.8, 4) is 28.7 Å². The monoisotopic (exact) mass is 442 g/mol. The number of phenolic OH excluding ortho intramolecular Hbond substituents is 2. The first-order valence-corrected chi connectivity index (χ1v) is 11.3. The lowest BCUT2D eigenvalue weighted by Gasteiger charge is -2.23. The number of phosphoric acid groups is 1. The van der Waals surface area contributed by atoms with E-state index in [4.69, 9.17) is 13.6 Å². The fourth-order valence-electron chi connectivity index (χ4n) is 3.16. The molecule has 0 aromatic heterocycles. The molecule has 0 unspecified atom stereocenters. The van der Waals surface area contributed by atoms with Crippen LogP contribution in [0, 0.1) is 41.5 Å². The van der Waals surface area contributed by atoms with E-state index >= 15 is 0 Å². The molecule has 6 nitrogen and oxygen atoms in total. The fourth-order valence-corrected chi connectivity index (χ4v) is 4.51. The summed E-state index contributed by atoms with van der Waals surface area (Å²) < 4.78 is 31.3. The number of hydrogen-bond donors (Lipinski definition) is 2. The lowest BCUT2D eigenvalue weighted by atomic mass is 10.0. The van der Waals surface area contributed by atoms with E-state index in [0.29, 0.717) is 39.1 Å². The van der Waals surface area contributed by atoms with Crippen molar-refractivity contribution in [2.45, 2.75) is 41.5 Å². The Labute approximate surface area is 182 Å². The largest absolute Gasteiger partial charge is 0.647 e. The Bertz CT molecular complexity index is 1100. The van der Waals surface area contributed by atoms with Crippen molar-refractivity contribution in [1.29, 1.82) is 0 Å². The van der Waals surface area contributed by atoms with Gasteiger partial charge in [-0.2, -0.15) is 4.57 Å². The zero-order valence-electron chi connectivity index (χ0n) is 18.5. The first kappa shape index (κ1) is 22.6. The highest BCUT2D eigenvalue weighted by Crippen LogP contribution is 2.52. The van der Waals surface area contributed by atoms with Crippen LogP contribution in [0.25, 0.3) is 0 Å². The average molecular weight is 442 g/mol. The molecule has 0 fully saturated rings. The van der Waals surface area contributed by atoms with Crippen LogP contribution in [0.1, 0.15) is 33.4 Å². The number of rotatable bonds is 6. The maximum atomic E-state index is 13.8. The summed E-state index contributed by atoms with van der Waals surface area (Å²) in [5, 5.41) is 20.4. The normalized spacial score (nSPS) is 11.3. The Morgan fingerprint density at radius 1 is 0.645 bits per heavy atom. The molecule has 0 aliphatic carbocycles. The topological polar surface area (TPSA) is 85.2 Å². The van der Waals surface area contributed by atoms with E-state index in [1.165, 1.54) is 0 Å². The summed E-state index contributed by atoms with van der Waals surface area (Å²) in [5.41, 5.74) is 3.65. The maximum Gasteiger partial charge on any atom is 0.647 e. The van der Waals surface area contributed by atoms with E-state index in [0.717, 1.165) is 0 Å². The van der Waals surface area contributed by atoms with Gasteiger partial charge >= 0.3 is 7.82 Å². The molecular weight excluding hydrogens is 415 g/mol. The second-order valence-electron chi connectivity index (χ2n) is 7.61. The van der Waals surface area contributed by atoms with Crippen molar-refractivity contribution >= 4 is 7.82 Å². The van der Waals surface area contributed by atoms with Crippen LogP contribution in [-0.4, -0.2) is 10.2 Å². The van der Waals surface area contributed by atoms with Gasteiger partial charge in [-0.15, -0.1) is 0 Å². The quantitative estimate of drug-likeness (QED) is 0.419. The molecular formula is C24H27O6P. The number of phosphoric ester groups is 1. The molecule has 0 bridgehead atoms. The van der Waals surface area contributed by atoms with E-state index in [-0.39, 0.29) is 23.0 Å². The predicted octanol–water partition coefficient (Wildman–Crippen LogP) is 6.59. The van der Waals surface area contributed by atoms with Crippen LogP contribution in [0.4, 0.5) is 0 Å². The summed E-state index contributed by atoms with van der Waals surface area (Å²) in [7, 11) is -4.21. The molecule has 0 aliphatic rings. The van der Waals surface area contributed by atoms with Crippen molar-refractivity contribution in [2.24, 2.45) is 0 Å². The second-order valence-corrected chi connectivity index (χ2v) is 9.06. The Morgan fingerprint density at radius 3 is 1.48 bits per heavy atom. The van der Waals surface area contributed by atoms with Crippen molar-refractivity contribution in [3.05, 3.63) is 75.8 Å². The van der Waals surface area contributed by atoms with Crippen molar-refractivity contribution in [1.82, 2.24) is 0 Å². The van der Waals surface area contributed by atoms with E-state index in [1.54, 1.807) is 77.9 Å². The van der Waals surface area contributed by atoms with Gasteiger partial charge in [0.05, 0.1) is 0 Å². The molecule has 0 saturated heterocycles. The number of benzene rings is 3. The molecule has 3 aromatic rings. The standard InChI is InChI=1S/C24H27O6P/c1-14-12-21(16(3)18(5)23(14)25)29-31(27,28-20-10-8-7-9-11-20)30-22-13-15(2)24(26)19(6)17(22)4/h7-13,25-26H,1-6H3. The number of hydrogen-bond acceptors (Lipinski definition) is 6. The SMILES string of the molecule is Cc1cc(OP(=O)(Oc2ccccc2)Oc2cc(C)c(O)c(C)c2C)c(C)c(C)c1O. The summed E-state index contributed by atoms with van der Waals surface area (Å²) in [5.74, 6) is 1.21. The number of phenols is 2. The van der Waals surface area contributed by atoms with Crippen LogP contribution in [0.15, 0.2) is 42.5 Å². The van der Waals surface area contributed by atoms with Crippen LogP contribution in [0.5, 0.6) is 28.7 Å². The van der Waals surface area contributed by atoms with Gasteiger partial charge in [-0.05, 0) is 99.2 Å². The lowest BCUT2D eigenvalue weighted by molar-refractivity contribution is 0.296. The highest BCUT2D eigenvalue weighted by atomic mass is 31.2. The van der Waals surface area contributed by atoms with Gasteiger partial charge in [-0.1, -0.05) is 18.2 Å². The smallest absolute Gasteiger partial charge is 0.507 e. The van der Waals surface area contributed by atoms with Crippen molar-refractivity contribution in [2.75, 3.05) is 0 Å². The average Bonchev–Trinajstić information content (AvgIpc) is 2.73. The molecule has 0 atom stereocenters. The third-order valence-corrected chi connectivity index (χ3v) is 6.67. The third kappa shape index (κ3) is 4.64. The van der Waals surface area contributed by atoms with Gasteiger partial charge in [0.2, 0.25) is 0 Å². The van der Waals surface area contributed by atoms with Crippen LogP contribution < -0.4 is 13.6 Å². The fraction of sp³-hybridized carbons (Fsp3) is 0.250. The van der Waals surface area contributed by atoms with Crippen LogP contribution in [-0.2, 0) is 4.57 Å². The highest BCUT2D eigenvalue weighted by molar-refractivity contribution is 7.49. The predicted molar refractivity (Wildman–Crippen MR) is 121 cm³/mol. The summed E-state index contributed by atoms with van der Waals surface area (Å²) >= 11 is 0. The maximum absolute atomic E-state index is 13.8. The van der Waals surface area contributed by atoms with Crippen LogP contribution in [0.2, 0.25) is 0 Å². The molecule has 2 N–H and O–H groups in total. The molecule has 0 aliphatic heterocycles. The van der Waals surface area contributed by atoms with Gasteiger partial charge < -0.3 is 23.8 Å². The minimum Gasteiger partial charge on any atom is -0.507 e. The number of aryl methyl sites for hydroxylation is 2. The minimum atomic E-state index is -4.21. The number of para-hydroxylation sites is 1. The molecule has 3 rings (SSSR count). The van der Waals surface area contributed by atoms with E-state index in [9.17, 15) is 14.8 Å². The summed E-state index contributed by atoms with van der Waals surface area (Å²) in [6.07, 6.45) is 0. The van der Waals surface area contributed by atoms with Gasteiger partial charge in [-0.25, -0.2) is 0 Å². The molecule has 164 valence electrons. The van der Waals surface area contributed by atoms with Gasteiger partial charge in [0.1, 0.15) is 28.7 Å².